The number of hydrogen-bond acceptors (Lipinski definition) is 4. The van der Waals surface area contributed by atoms with Crippen molar-refractivity contribution in [3.8, 4) is 5.75 Å². The fourth-order valence-electron chi connectivity index (χ4n) is 3.37. The molecule has 30 heavy (non-hydrogen) atoms. The normalized spacial score (nSPS) is 14.1. The molecule has 0 unspecified atom stereocenters. The summed E-state index contributed by atoms with van der Waals surface area (Å²) in [5.41, 5.74) is 7.55. The number of aliphatic imine (C=N–C) groups is 1. The number of rotatable bonds is 7. The lowest BCUT2D eigenvalue weighted by Crippen LogP contribution is -2.52. The summed E-state index contributed by atoms with van der Waals surface area (Å²) in [5, 5.41) is 3.46. The number of amides is 1. The van der Waals surface area contributed by atoms with Gasteiger partial charge in [0.2, 0.25) is 0 Å². The molecule has 3 rings (SSSR count). The molecule has 0 spiro atoms. The Morgan fingerprint density at radius 1 is 1.07 bits per heavy atom. The van der Waals surface area contributed by atoms with Crippen LogP contribution >= 0.6 is 24.0 Å². The summed E-state index contributed by atoms with van der Waals surface area (Å²) in [5.74, 6) is 1.11. The number of para-hydroxylation sites is 1. The Balaban J connectivity index is 0.00000320. The van der Waals surface area contributed by atoms with Crippen molar-refractivity contribution in [1.29, 1.82) is 0 Å². The first-order valence-electron chi connectivity index (χ1n) is 9.91. The molecule has 0 saturated carbocycles. The molecule has 0 radical (unpaired) electrons. The predicted molar refractivity (Wildman–Crippen MR) is 132 cm³/mol. The van der Waals surface area contributed by atoms with Crippen LogP contribution in [0.15, 0.2) is 59.6 Å². The van der Waals surface area contributed by atoms with E-state index in [2.05, 4.69) is 44.4 Å². The lowest BCUT2D eigenvalue weighted by atomic mass is 10.1. The Hall–Kier alpha value is -2.49. The molecule has 0 bridgehead atoms. The zero-order chi connectivity index (χ0) is 20.5. The van der Waals surface area contributed by atoms with Gasteiger partial charge in [-0.05, 0) is 36.2 Å². The van der Waals surface area contributed by atoms with Crippen LogP contribution in [0.25, 0.3) is 0 Å². The highest BCUT2D eigenvalue weighted by atomic mass is 127. The summed E-state index contributed by atoms with van der Waals surface area (Å²) < 4.78 is 5.28. The van der Waals surface area contributed by atoms with Gasteiger partial charge in [0, 0.05) is 45.5 Å². The second-order valence-corrected chi connectivity index (χ2v) is 6.93. The molecular weight excluding hydrogens is 493 g/mol. The van der Waals surface area contributed by atoms with E-state index in [0.29, 0.717) is 5.75 Å². The molecule has 8 heteroatoms. The molecule has 0 atom stereocenters. The lowest BCUT2D eigenvalue weighted by molar-refractivity contribution is -0.119. The maximum Gasteiger partial charge on any atom is 0.255 e. The van der Waals surface area contributed by atoms with E-state index < -0.39 is 5.91 Å². The van der Waals surface area contributed by atoms with Gasteiger partial charge in [-0.3, -0.25) is 9.79 Å². The van der Waals surface area contributed by atoms with Crippen molar-refractivity contribution in [3.05, 3.63) is 60.2 Å². The fourth-order valence-corrected chi connectivity index (χ4v) is 3.37. The van der Waals surface area contributed by atoms with E-state index in [0.717, 1.165) is 45.1 Å². The molecule has 1 heterocycles. The van der Waals surface area contributed by atoms with Gasteiger partial charge < -0.3 is 25.6 Å². The van der Waals surface area contributed by atoms with E-state index in [1.54, 1.807) is 0 Å². The third-order valence-corrected chi connectivity index (χ3v) is 4.91. The van der Waals surface area contributed by atoms with Crippen molar-refractivity contribution in [3.63, 3.8) is 0 Å². The Kier molecular flexibility index (Phi) is 9.72. The van der Waals surface area contributed by atoms with Gasteiger partial charge in [0.05, 0.1) is 0 Å². The molecule has 3 N–H and O–H groups in total. The number of hydrogen-bond donors (Lipinski definition) is 2. The Bertz CT molecular complexity index is 806. The van der Waals surface area contributed by atoms with E-state index in [1.807, 2.05) is 37.4 Å². The van der Waals surface area contributed by atoms with E-state index in [1.165, 1.54) is 11.3 Å². The predicted octanol–water partition coefficient (Wildman–Crippen LogP) is 2.11. The van der Waals surface area contributed by atoms with Crippen LogP contribution in [0.4, 0.5) is 5.69 Å². The minimum absolute atomic E-state index is 0. The average Bonchev–Trinajstić information content (AvgIpc) is 2.77. The monoisotopic (exact) mass is 523 g/mol. The van der Waals surface area contributed by atoms with Crippen molar-refractivity contribution in [1.82, 2.24) is 10.2 Å². The zero-order valence-electron chi connectivity index (χ0n) is 17.3. The van der Waals surface area contributed by atoms with Crippen molar-refractivity contribution < 1.29 is 9.53 Å². The molecule has 1 saturated heterocycles. The third kappa shape index (κ3) is 7.08. The number of ether oxygens (including phenoxy) is 1. The van der Waals surface area contributed by atoms with Crippen LogP contribution < -0.4 is 20.7 Å². The maximum absolute atomic E-state index is 10.8. The SMILES string of the molecule is CN=C(NCCc1ccc(OCC(N)=O)cc1)N1CCN(c2ccccc2)CC1.I. The molecule has 2 aromatic carbocycles. The minimum Gasteiger partial charge on any atom is -0.484 e. The third-order valence-electron chi connectivity index (χ3n) is 4.91. The molecule has 2 aromatic rings. The average molecular weight is 523 g/mol. The van der Waals surface area contributed by atoms with Crippen molar-refractivity contribution >= 4 is 41.5 Å². The zero-order valence-corrected chi connectivity index (χ0v) is 19.6. The van der Waals surface area contributed by atoms with Gasteiger partial charge in [-0.1, -0.05) is 30.3 Å². The van der Waals surface area contributed by atoms with Gasteiger partial charge in [0.1, 0.15) is 5.75 Å². The van der Waals surface area contributed by atoms with Crippen molar-refractivity contribution in [2.45, 2.75) is 6.42 Å². The number of carbonyl (C=O) groups excluding carboxylic acids is 1. The highest BCUT2D eigenvalue weighted by Gasteiger charge is 2.19. The Labute approximate surface area is 195 Å². The van der Waals surface area contributed by atoms with Crippen molar-refractivity contribution in [2.75, 3.05) is 51.3 Å². The van der Waals surface area contributed by atoms with E-state index in [9.17, 15) is 4.79 Å². The van der Waals surface area contributed by atoms with Crippen LogP contribution in [0.3, 0.4) is 0 Å². The minimum atomic E-state index is -0.478. The number of nitrogens with two attached hydrogens (primary N) is 1. The molecular formula is C22H30IN5O2. The van der Waals surface area contributed by atoms with Crippen LogP contribution in [0.5, 0.6) is 5.75 Å². The molecule has 1 fully saturated rings. The molecule has 1 amide bonds. The summed E-state index contributed by atoms with van der Waals surface area (Å²) in [4.78, 5) is 19.9. The first kappa shape index (κ1) is 23.8. The highest BCUT2D eigenvalue weighted by molar-refractivity contribution is 14.0. The Morgan fingerprint density at radius 2 is 1.73 bits per heavy atom. The smallest absolute Gasteiger partial charge is 0.255 e. The molecule has 1 aliphatic heterocycles. The van der Waals surface area contributed by atoms with Crippen LogP contribution in [-0.2, 0) is 11.2 Å². The number of benzene rings is 2. The van der Waals surface area contributed by atoms with Gasteiger partial charge in [0.25, 0.3) is 5.91 Å². The first-order valence-corrected chi connectivity index (χ1v) is 9.91. The van der Waals surface area contributed by atoms with Gasteiger partial charge in [-0.15, -0.1) is 24.0 Å². The molecule has 0 aromatic heterocycles. The van der Waals surface area contributed by atoms with Crippen LogP contribution in [-0.4, -0.2) is 63.1 Å². The fraction of sp³-hybridized carbons (Fsp3) is 0.364. The molecule has 7 nitrogen and oxygen atoms in total. The van der Waals surface area contributed by atoms with Gasteiger partial charge in [0.15, 0.2) is 12.6 Å². The number of nitrogens with zero attached hydrogens (tertiary/aromatic N) is 3. The summed E-state index contributed by atoms with van der Waals surface area (Å²) in [7, 11) is 1.83. The molecule has 162 valence electrons. The van der Waals surface area contributed by atoms with E-state index >= 15 is 0 Å². The first-order chi connectivity index (χ1) is 14.2. The number of nitrogens with one attached hydrogen (secondary N) is 1. The van der Waals surface area contributed by atoms with Crippen LogP contribution in [0.1, 0.15) is 5.56 Å². The van der Waals surface area contributed by atoms with Gasteiger partial charge >= 0.3 is 0 Å². The Morgan fingerprint density at radius 3 is 2.33 bits per heavy atom. The van der Waals surface area contributed by atoms with Crippen LogP contribution in [0.2, 0.25) is 0 Å². The summed E-state index contributed by atoms with van der Waals surface area (Å²) in [6.45, 7) is 4.55. The number of guanidine groups is 1. The number of primary amides is 1. The van der Waals surface area contributed by atoms with E-state index in [4.69, 9.17) is 10.5 Å². The van der Waals surface area contributed by atoms with Crippen molar-refractivity contribution in [2.24, 2.45) is 10.7 Å². The van der Waals surface area contributed by atoms with Gasteiger partial charge in [-0.2, -0.15) is 0 Å². The second kappa shape index (κ2) is 12.3. The molecule has 1 aliphatic rings. The van der Waals surface area contributed by atoms with E-state index in [-0.39, 0.29) is 30.6 Å². The number of carbonyl (C=O) groups is 1. The summed E-state index contributed by atoms with van der Waals surface area (Å²) in [6, 6.07) is 18.2. The standard InChI is InChI=1S/C22H29N5O2.HI/c1-24-22(27-15-13-26(14-16-27)19-5-3-2-4-6-19)25-12-11-18-7-9-20(10-8-18)29-17-21(23)28;/h2-10H,11-17H2,1H3,(H2,23,28)(H,24,25);1H. The van der Waals surface area contributed by atoms with Gasteiger partial charge in [-0.25, -0.2) is 0 Å². The number of piperazine rings is 1. The maximum atomic E-state index is 10.8. The quantitative estimate of drug-likeness (QED) is 0.330. The topological polar surface area (TPSA) is 83.2 Å². The number of anilines is 1. The largest absolute Gasteiger partial charge is 0.484 e. The van der Waals surface area contributed by atoms with Crippen LogP contribution in [0, 0.1) is 0 Å². The highest BCUT2D eigenvalue weighted by Crippen LogP contribution is 2.16. The molecule has 0 aliphatic carbocycles. The summed E-state index contributed by atoms with van der Waals surface area (Å²) >= 11 is 0. The lowest BCUT2D eigenvalue weighted by Gasteiger charge is -2.37. The number of halogens is 1. The second-order valence-electron chi connectivity index (χ2n) is 6.93. The summed E-state index contributed by atoms with van der Waals surface area (Å²) in [6.07, 6.45) is 0.874.